The van der Waals surface area contributed by atoms with Crippen molar-refractivity contribution in [2.24, 2.45) is 17.8 Å². The highest BCUT2D eigenvalue weighted by atomic mass is 16.2. The number of benzene rings is 2. The molecule has 1 aliphatic carbocycles. The van der Waals surface area contributed by atoms with Crippen molar-refractivity contribution < 1.29 is 4.79 Å². The number of rotatable bonds is 7. The summed E-state index contributed by atoms with van der Waals surface area (Å²) in [5.41, 5.74) is 3.40. The third kappa shape index (κ3) is 4.93. The molecule has 4 fully saturated rings. The molecule has 6 atom stereocenters. The molecule has 1 aromatic heterocycles. The van der Waals surface area contributed by atoms with E-state index in [0.29, 0.717) is 12.0 Å². The minimum atomic E-state index is -0.0868. The Morgan fingerprint density at radius 3 is 2.54 bits per heavy atom. The van der Waals surface area contributed by atoms with E-state index in [1.807, 2.05) is 6.20 Å². The Kier molecular flexibility index (Phi) is 7.28. The summed E-state index contributed by atoms with van der Waals surface area (Å²) in [6, 6.07) is 21.4. The molecule has 1 N–H and O–H groups in total. The molecule has 3 aliphatic heterocycles. The normalized spacial score (nSPS) is 27.6. The average molecular weight is 496 g/mol. The number of aromatic nitrogens is 1. The van der Waals surface area contributed by atoms with E-state index in [0.717, 1.165) is 43.3 Å². The fraction of sp³-hybridized carbons (Fsp3) is 0.515. The number of fused-ring (bicyclic) bond motifs is 4. The number of carbonyl (C=O) groups is 1. The molecular formula is C33H41N3O. The van der Waals surface area contributed by atoms with Crippen LogP contribution in [0.25, 0.3) is 10.9 Å². The predicted octanol–water partition coefficient (Wildman–Crippen LogP) is 6.88. The van der Waals surface area contributed by atoms with Crippen molar-refractivity contribution in [2.75, 3.05) is 13.1 Å². The SMILES string of the molecule is CC[C@H]1CN2CC[C@@H]1C[C@@H]2[C@H](NC(=O)C(c1ccccc1)C1CCCCC1)c1ccnc2ccccc12. The van der Waals surface area contributed by atoms with Gasteiger partial charge in [0.15, 0.2) is 0 Å². The number of amides is 1. The lowest BCUT2D eigenvalue weighted by Crippen LogP contribution is -2.58. The number of hydrogen-bond acceptors (Lipinski definition) is 3. The Hall–Kier alpha value is -2.72. The highest BCUT2D eigenvalue weighted by molar-refractivity contribution is 5.87. The van der Waals surface area contributed by atoms with Crippen molar-refractivity contribution >= 4 is 16.8 Å². The van der Waals surface area contributed by atoms with Crippen LogP contribution in [0.2, 0.25) is 0 Å². The van der Waals surface area contributed by atoms with Crippen molar-refractivity contribution in [2.45, 2.75) is 76.3 Å². The van der Waals surface area contributed by atoms with Crippen LogP contribution in [0.4, 0.5) is 0 Å². The van der Waals surface area contributed by atoms with E-state index in [1.54, 1.807) is 0 Å². The van der Waals surface area contributed by atoms with Crippen LogP contribution in [0.1, 0.15) is 81.4 Å². The van der Waals surface area contributed by atoms with Crippen LogP contribution >= 0.6 is 0 Å². The summed E-state index contributed by atoms with van der Waals surface area (Å²) in [7, 11) is 0. The first-order valence-electron chi connectivity index (χ1n) is 14.7. The zero-order valence-corrected chi connectivity index (χ0v) is 22.2. The summed E-state index contributed by atoms with van der Waals surface area (Å²) in [5, 5.41) is 4.87. The molecule has 4 heterocycles. The van der Waals surface area contributed by atoms with Gasteiger partial charge in [0.05, 0.1) is 17.5 Å². The number of piperidine rings is 3. The molecule has 2 bridgehead atoms. The zero-order chi connectivity index (χ0) is 25.2. The highest BCUT2D eigenvalue weighted by Gasteiger charge is 2.44. The van der Waals surface area contributed by atoms with Gasteiger partial charge in [-0.05, 0) is 73.2 Å². The lowest BCUT2D eigenvalue weighted by atomic mass is 9.71. The molecule has 3 saturated heterocycles. The molecule has 4 aliphatic rings. The van der Waals surface area contributed by atoms with E-state index in [-0.39, 0.29) is 17.9 Å². The summed E-state index contributed by atoms with van der Waals surface area (Å²) in [6.45, 7) is 4.64. The lowest BCUT2D eigenvalue weighted by Gasteiger charge is -2.52. The quantitative estimate of drug-likeness (QED) is 0.389. The average Bonchev–Trinajstić information content (AvgIpc) is 2.97. The molecule has 194 valence electrons. The van der Waals surface area contributed by atoms with E-state index in [1.165, 1.54) is 55.0 Å². The molecule has 1 amide bonds. The summed E-state index contributed by atoms with van der Waals surface area (Å²) in [6.07, 6.45) is 11.7. The highest BCUT2D eigenvalue weighted by Crippen LogP contribution is 2.43. The monoisotopic (exact) mass is 495 g/mol. The minimum absolute atomic E-state index is 0.0317. The Labute approximate surface area is 221 Å². The van der Waals surface area contributed by atoms with Crippen molar-refractivity contribution in [1.82, 2.24) is 15.2 Å². The van der Waals surface area contributed by atoms with E-state index < -0.39 is 0 Å². The third-order valence-corrected chi connectivity index (χ3v) is 9.72. The van der Waals surface area contributed by atoms with Crippen molar-refractivity contribution in [3.8, 4) is 0 Å². The number of pyridine rings is 1. The third-order valence-electron chi connectivity index (χ3n) is 9.72. The summed E-state index contributed by atoms with van der Waals surface area (Å²) in [4.78, 5) is 21.7. The molecular weight excluding hydrogens is 454 g/mol. The largest absolute Gasteiger partial charge is 0.347 e. The van der Waals surface area contributed by atoms with Gasteiger partial charge in [-0.15, -0.1) is 0 Å². The van der Waals surface area contributed by atoms with Gasteiger partial charge in [-0.1, -0.05) is 81.1 Å². The van der Waals surface area contributed by atoms with Crippen molar-refractivity contribution in [3.05, 3.63) is 78.0 Å². The number of para-hydroxylation sites is 1. The van der Waals surface area contributed by atoms with E-state index in [9.17, 15) is 4.79 Å². The molecule has 1 saturated carbocycles. The van der Waals surface area contributed by atoms with Gasteiger partial charge in [0.2, 0.25) is 5.91 Å². The smallest absolute Gasteiger partial charge is 0.228 e. The van der Waals surface area contributed by atoms with Crippen LogP contribution in [0.3, 0.4) is 0 Å². The molecule has 0 spiro atoms. The van der Waals surface area contributed by atoms with Crippen LogP contribution in [0.5, 0.6) is 0 Å². The minimum Gasteiger partial charge on any atom is -0.347 e. The molecule has 3 aromatic rings. The van der Waals surface area contributed by atoms with Gasteiger partial charge in [-0.25, -0.2) is 0 Å². The van der Waals surface area contributed by atoms with Gasteiger partial charge < -0.3 is 5.32 Å². The number of nitrogens with zero attached hydrogens (tertiary/aromatic N) is 2. The van der Waals surface area contributed by atoms with E-state index in [4.69, 9.17) is 0 Å². The second-order valence-corrected chi connectivity index (χ2v) is 11.7. The van der Waals surface area contributed by atoms with Gasteiger partial charge in [0, 0.05) is 24.2 Å². The van der Waals surface area contributed by atoms with Crippen LogP contribution in [0, 0.1) is 17.8 Å². The summed E-state index contributed by atoms with van der Waals surface area (Å²) < 4.78 is 0. The van der Waals surface area contributed by atoms with Gasteiger partial charge in [-0.2, -0.15) is 0 Å². The summed E-state index contributed by atoms with van der Waals surface area (Å²) >= 11 is 0. The molecule has 4 heteroatoms. The lowest BCUT2D eigenvalue weighted by molar-refractivity contribution is -0.126. The Bertz CT molecular complexity index is 1200. The Morgan fingerprint density at radius 2 is 1.78 bits per heavy atom. The maximum absolute atomic E-state index is 14.4. The first-order valence-corrected chi connectivity index (χ1v) is 14.7. The van der Waals surface area contributed by atoms with Crippen LogP contribution in [-0.4, -0.2) is 34.9 Å². The van der Waals surface area contributed by atoms with Crippen molar-refractivity contribution in [3.63, 3.8) is 0 Å². The van der Waals surface area contributed by atoms with Gasteiger partial charge >= 0.3 is 0 Å². The zero-order valence-electron chi connectivity index (χ0n) is 22.2. The number of nitrogens with one attached hydrogen (secondary N) is 1. The number of carbonyl (C=O) groups excluding carboxylic acids is 1. The fourth-order valence-corrected chi connectivity index (χ4v) is 7.77. The molecule has 2 aromatic carbocycles. The predicted molar refractivity (Wildman–Crippen MR) is 150 cm³/mol. The summed E-state index contributed by atoms with van der Waals surface area (Å²) in [5.74, 6) is 2.08. The molecule has 2 unspecified atom stereocenters. The standard InChI is InChI=1S/C33H41N3O/c1-2-23-22-36-20-18-26(23)21-30(36)32(28-17-19-34-29-16-10-9-15-27(28)29)35-33(37)31(24-11-5-3-6-12-24)25-13-7-4-8-14-25/h3,5-6,9-12,15-17,19,23,25-26,30-32H,2,4,7-8,13-14,18,20-22H2,1H3,(H,35,37)/t23-,26+,30+,31?,32+/m0/s1. The van der Waals surface area contributed by atoms with Gasteiger partial charge in [0.1, 0.15) is 0 Å². The van der Waals surface area contributed by atoms with Gasteiger partial charge in [0.25, 0.3) is 0 Å². The Balaban J connectivity index is 1.37. The van der Waals surface area contributed by atoms with E-state index in [2.05, 4.69) is 82.8 Å². The van der Waals surface area contributed by atoms with Crippen LogP contribution < -0.4 is 5.32 Å². The van der Waals surface area contributed by atoms with Gasteiger partial charge in [-0.3, -0.25) is 14.7 Å². The van der Waals surface area contributed by atoms with Crippen LogP contribution in [-0.2, 0) is 4.79 Å². The van der Waals surface area contributed by atoms with E-state index >= 15 is 0 Å². The first-order chi connectivity index (χ1) is 18.2. The maximum atomic E-state index is 14.4. The molecule has 37 heavy (non-hydrogen) atoms. The van der Waals surface area contributed by atoms with Crippen molar-refractivity contribution in [1.29, 1.82) is 0 Å². The molecule has 7 rings (SSSR count). The topological polar surface area (TPSA) is 45.2 Å². The second-order valence-electron chi connectivity index (χ2n) is 11.7. The maximum Gasteiger partial charge on any atom is 0.228 e. The fourth-order valence-electron chi connectivity index (χ4n) is 7.77. The molecule has 0 radical (unpaired) electrons. The number of hydrogen-bond donors (Lipinski definition) is 1. The molecule has 4 nitrogen and oxygen atoms in total. The Morgan fingerprint density at radius 1 is 1.00 bits per heavy atom. The second kappa shape index (κ2) is 10.9. The first kappa shape index (κ1) is 24.6. The van der Waals surface area contributed by atoms with Crippen LogP contribution in [0.15, 0.2) is 66.9 Å².